The van der Waals surface area contributed by atoms with Crippen molar-refractivity contribution >= 4 is 5.82 Å². The van der Waals surface area contributed by atoms with E-state index in [0.717, 1.165) is 12.8 Å². The third-order valence-electron chi connectivity index (χ3n) is 2.96. The topological polar surface area (TPSA) is 46.9 Å². The minimum Gasteiger partial charge on any atom is -0.363 e. The fourth-order valence-electron chi connectivity index (χ4n) is 2.04. The third-order valence-corrected chi connectivity index (χ3v) is 2.96. The fraction of sp³-hybridized carbons (Fsp3) is 0.636. The highest BCUT2D eigenvalue weighted by molar-refractivity contribution is 5.32. The summed E-state index contributed by atoms with van der Waals surface area (Å²) in [6.45, 7) is 0. The Morgan fingerprint density at radius 1 is 1.40 bits per heavy atom. The van der Waals surface area contributed by atoms with Gasteiger partial charge in [0, 0.05) is 25.5 Å². The van der Waals surface area contributed by atoms with Gasteiger partial charge in [-0.25, -0.2) is 4.98 Å². The van der Waals surface area contributed by atoms with E-state index in [1.807, 2.05) is 0 Å². The lowest BCUT2D eigenvalue weighted by atomic mass is 9.95. The lowest BCUT2D eigenvalue weighted by Gasteiger charge is -2.22. The second-order valence-electron chi connectivity index (χ2n) is 4.17. The predicted molar refractivity (Wildman–Crippen MR) is 60.0 cm³/mol. The summed E-state index contributed by atoms with van der Waals surface area (Å²) in [6, 6.07) is 0.432. The number of aryl methyl sites for hydroxylation is 1. The van der Waals surface area contributed by atoms with Crippen molar-refractivity contribution < 1.29 is 0 Å². The Bertz CT molecular complexity index is 380. The maximum Gasteiger partial charge on any atom is 0.293 e. The number of nitrogens with one attached hydrogen (secondary N) is 1. The summed E-state index contributed by atoms with van der Waals surface area (Å²) < 4.78 is 1.55. The SMILES string of the molecule is Cn1ccnc(NC2CCCCC2)c1=O. The molecule has 1 fully saturated rings. The first-order valence-electron chi connectivity index (χ1n) is 5.55. The zero-order chi connectivity index (χ0) is 10.7. The standard InChI is InChI=1S/C11H17N3O/c1-14-8-7-12-10(11(14)15)13-9-5-3-2-4-6-9/h7-9H,2-6H2,1H3,(H,12,13). The first-order chi connectivity index (χ1) is 7.27. The molecule has 1 aliphatic carbocycles. The van der Waals surface area contributed by atoms with Gasteiger partial charge < -0.3 is 9.88 Å². The number of hydrogen-bond acceptors (Lipinski definition) is 3. The van der Waals surface area contributed by atoms with Gasteiger partial charge in [0.2, 0.25) is 0 Å². The molecule has 1 N–H and O–H groups in total. The molecule has 0 aromatic carbocycles. The molecule has 0 saturated heterocycles. The number of anilines is 1. The number of aromatic nitrogens is 2. The van der Waals surface area contributed by atoms with Crippen molar-refractivity contribution in [2.75, 3.05) is 5.32 Å². The molecule has 1 aliphatic rings. The summed E-state index contributed by atoms with van der Waals surface area (Å²) in [5.74, 6) is 0.493. The van der Waals surface area contributed by atoms with Crippen LogP contribution in [0.1, 0.15) is 32.1 Å². The highest BCUT2D eigenvalue weighted by Crippen LogP contribution is 2.19. The van der Waals surface area contributed by atoms with Crippen LogP contribution in [0.5, 0.6) is 0 Å². The van der Waals surface area contributed by atoms with Crippen LogP contribution >= 0.6 is 0 Å². The van der Waals surface area contributed by atoms with E-state index in [9.17, 15) is 4.79 Å². The van der Waals surface area contributed by atoms with Gasteiger partial charge in [0.25, 0.3) is 5.56 Å². The highest BCUT2D eigenvalue weighted by Gasteiger charge is 2.14. The Labute approximate surface area is 89.3 Å². The van der Waals surface area contributed by atoms with E-state index in [4.69, 9.17) is 0 Å². The molecule has 0 atom stereocenters. The average molecular weight is 207 g/mol. The van der Waals surface area contributed by atoms with Gasteiger partial charge >= 0.3 is 0 Å². The molecule has 0 aliphatic heterocycles. The molecule has 1 heterocycles. The second kappa shape index (κ2) is 4.47. The number of rotatable bonds is 2. The largest absolute Gasteiger partial charge is 0.363 e. The van der Waals surface area contributed by atoms with Gasteiger partial charge in [-0.3, -0.25) is 4.79 Å². The van der Waals surface area contributed by atoms with Gasteiger partial charge in [-0.05, 0) is 12.8 Å². The fourth-order valence-corrected chi connectivity index (χ4v) is 2.04. The van der Waals surface area contributed by atoms with Gasteiger partial charge in [-0.1, -0.05) is 19.3 Å². The number of nitrogens with zero attached hydrogens (tertiary/aromatic N) is 2. The lowest BCUT2D eigenvalue weighted by molar-refractivity contribution is 0.461. The molecule has 82 valence electrons. The van der Waals surface area contributed by atoms with E-state index in [1.165, 1.54) is 19.3 Å². The normalized spacial score (nSPS) is 17.7. The number of hydrogen-bond donors (Lipinski definition) is 1. The lowest BCUT2D eigenvalue weighted by Crippen LogP contribution is -2.29. The molecule has 0 unspecified atom stereocenters. The van der Waals surface area contributed by atoms with E-state index >= 15 is 0 Å². The Morgan fingerprint density at radius 3 is 2.87 bits per heavy atom. The van der Waals surface area contributed by atoms with E-state index in [2.05, 4.69) is 10.3 Å². The van der Waals surface area contributed by atoms with E-state index in [-0.39, 0.29) is 5.56 Å². The minimum atomic E-state index is -0.0388. The minimum absolute atomic E-state index is 0.0388. The van der Waals surface area contributed by atoms with Gasteiger partial charge in [0.1, 0.15) is 0 Å². The van der Waals surface area contributed by atoms with Crippen molar-refractivity contribution in [3.8, 4) is 0 Å². The molecule has 1 aromatic heterocycles. The molecule has 1 saturated carbocycles. The van der Waals surface area contributed by atoms with Crippen molar-refractivity contribution in [1.82, 2.24) is 9.55 Å². The summed E-state index contributed by atoms with van der Waals surface area (Å²) in [4.78, 5) is 15.8. The molecule has 15 heavy (non-hydrogen) atoms. The summed E-state index contributed by atoms with van der Waals surface area (Å²) in [5, 5.41) is 3.25. The Hall–Kier alpha value is -1.32. The zero-order valence-corrected chi connectivity index (χ0v) is 9.07. The van der Waals surface area contributed by atoms with E-state index in [0.29, 0.717) is 11.9 Å². The molecule has 0 bridgehead atoms. The molecule has 0 spiro atoms. The summed E-state index contributed by atoms with van der Waals surface area (Å²) >= 11 is 0. The second-order valence-corrected chi connectivity index (χ2v) is 4.17. The quantitative estimate of drug-likeness (QED) is 0.800. The Balaban J connectivity index is 2.09. The smallest absolute Gasteiger partial charge is 0.293 e. The van der Waals surface area contributed by atoms with Gasteiger partial charge in [0.15, 0.2) is 5.82 Å². The van der Waals surface area contributed by atoms with Crippen molar-refractivity contribution in [2.24, 2.45) is 7.05 Å². The van der Waals surface area contributed by atoms with Crippen LogP contribution in [-0.4, -0.2) is 15.6 Å². The maximum absolute atomic E-state index is 11.7. The van der Waals surface area contributed by atoms with E-state index < -0.39 is 0 Å². The van der Waals surface area contributed by atoms with Gasteiger partial charge in [0.05, 0.1) is 0 Å². The van der Waals surface area contributed by atoms with Crippen LogP contribution in [0.3, 0.4) is 0 Å². The van der Waals surface area contributed by atoms with Crippen LogP contribution in [0.15, 0.2) is 17.2 Å². The van der Waals surface area contributed by atoms with Crippen molar-refractivity contribution in [2.45, 2.75) is 38.1 Å². The van der Waals surface area contributed by atoms with Crippen molar-refractivity contribution in [3.05, 3.63) is 22.7 Å². The molecule has 0 amide bonds. The summed E-state index contributed by atoms with van der Waals surface area (Å²) in [6.07, 6.45) is 9.47. The maximum atomic E-state index is 11.7. The van der Waals surface area contributed by atoms with Crippen LogP contribution < -0.4 is 10.9 Å². The van der Waals surface area contributed by atoms with Crippen LogP contribution in [0, 0.1) is 0 Å². The van der Waals surface area contributed by atoms with Crippen molar-refractivity contribution in [1.29, 1.82) is 0 Å². The first kappa shape index (κ1) is 10.2. The van der Waals surface area contributed by atoms with Crippen LogP contribution in [0.25, 0.3) is 0 Å². The van der Waals surface area contributed by atoms with Crippen molar-refractivity contribution in [3.63, 3.8) is 0 Å². The average Bonchev–Trinajstić information content (AvgIpc) is 2.26. The zero-order valence-electron chi connectivity index (χ0n) is 9.07. The van der Waals surface area contributed by atoms with E-state index in [1.54, 1.807) is 24.0 Å². The molecule has 2 rings (SSSR count). The highest BCUT2D eigenvalue weighted by atomic mass is 16.1. The first-order valence-corrected chi connectivity index (χ1v) is 5.55. The molecule has 1 aromatic rings. The summed E-state index contributed by atoms with van der Waals surface area (Å²) in [7, 11) is 1.75. The molecule has 4 nitrogen and oxygen atoms in total. The Morgan fingerprint density at radius 2 is 2.13 bits per heavy atom. The molecular weight excluding hydrogens is 190 g/mol. The monoisotopic (exact) mass is 207 g/mol. The van der Waals surface area contributed by atoms with Crippen LogP contribution in [-0.2, 0) is 7.05 Å². The third kappa shape index (κ3) is 2.37. The summed E-state index contributed by atoms with van der Waals surface area (Å²) in [5.41, 5.74) is -0.0388. The predicted octanol–water partition coefficient (Wildman–Crippen LogP) is 1.52. The molecular formula is C11H17N3O. The van der Waals surface area contributed by atoms with Gasteiger partial charge in [-0.2, -0.15) is 0 Å². The molecule has 4 heteroatoms. The Kier molecular flexibility index (Phi) is 3.04. The molecule has 0 radical (unpaired) electrons. The van der Waals surface area contributed by atoms with Gasteiger partial charge in [-0.15, -0.1) is 0 Å². The van der Waals surface area contributed by atoms with Crippen LogP contribution in [0.2, 0.25) is 0 Å². The van der Waals surface area contributed by atoms with Crippen LogP contribution in [0.4, 0.5) is 5.82 Å².